The van der Waals surface area contributed by atoms with Crippen molar-refractivity contribution in [2.75, 3.05) is 19.8 Å². The van der Waals surface area contributed by atoms with Gasteiger partial charge in [-0.25, -0.2) is 0 Å². The molecule has 160 valence electrons. The third kappa shape index (κ3) is 5.94. The molecule has 3 rings (SSSR count). The smallest absolute Gasteiger partial charge is 0.286 e. The minimum absolute atomic E-state index is 0.0158. The normalized spacial score (nSPS) is 20.9. The summed E-state index contributed by atoms with van der Waals surface area (Å²) in [7, 11) is 0. The molecule has 0 aliphatic carbocycles. The van der Waals surface area contributed by atoms with Gasteiger partial charge in [-0.15, -0.1) is 0 Å². The number of amides is 1. The first-order chi connectivity index (χ1) is 14.7. The molecule has 3 atom stereocenters. The second-order valence-corrected chi connectivity index (χ2v) is 7.43. The largest absolute Gasteiger partial charge is 0.459 e. The molecule has 1 aliphatic heterocycles. The lowest BCUT2D eigenvalue weighted by Gasteiger charge is -2.37. The highest BCUT2D eigenvalue weighted by molar-refractivity contribution is 5.91. The van der Waals surface area contributed by atoms with Crippen molar-refractivity contribution in [2.24, 2.45) is 5.92 Å². The summed E-state index contributed by atoms with van der Waals surface area (Å²) in [6, 6.07) is 20.2. The monoisotopic (exact) mass is 409 g/mol. The molecule has 2 aromatic rings. The minimum Gasteiger partial charge on any atom is -0.459 e. The molecule has 0 unspecified atom stereocenters. The van der Waals surface area contributed by atoms with E-state index in [1.807, 2.05) is 61.5 Å². The number of hydrogen-bond acceptors (Lipinski definition) is 4. The Morgan fingerprint density at radius 3 is 2.47 bits per heavy atom. The Balaban J connectivity index is 1.76. The van der Waals surface area contributed by atoms with E-state index in [2.05, 4.69) is 17.4 Å². The molecule has 5 heteroatoms. The lowest BCUT2D eigenvalue weighted by molar-refractivity contribution is -0.166. The third-order valence-corrected chi connectivity index (χ3v) is 5.36. The van der Waals surface area contributed by atoms with Crippen LogP contribution in [0.3, 0.4) is 0 Å². The number of benzene rings is 2. The van der Waals surface area contributed by atoms with Crippen LogP contribution in [0.4, 0.5) is 0 Å². The van der Waals surface area contributed by atoms with Crippen LogP contribution in [0.5, 0.6) is 0 Å². The number of aliphatic hydroxyl groups excluding tert-OH is 1. The highest BCUT2D eigenvalue weighted by Gasteiger charge is 2.37. The van der Waals surface area contributed by atoms with Crippen molar-refractivity contribution in [2.45, 2.75) is 38.4 Å². The molecule has 0 fully saturated rings. The van der Waals surface area contributed by atoms with Crippen LogP contribution in [0.15, 0.2) is 72.5 Å². The first kappa shape index (κ1) is 22.1. The number of allylic oxidation sites excluding steroid dienone is 1. The molecule has 2 aromatic carbocycles. The van der Waals surface area contributed by atoms with Gasteiger partial charge in [0.1, 0.15) is 0 Å². The first-order valence-corrected chi connectivity index (χ1v) is 10.7. The predicted molar refractivity (Wildman–Crippen MR) is 117 cm³/mol. The summed E-state index contributed by atoms with van der Waals surface area (Å²) in [5.41, 5.74) is 2.29. The molecule has 1 aliphatic rings. The maximum absolute atomic E-state index is 12.8. The van der Waals surface area contributed by atoms with E-state index in [4.69, 9.17) is 9.47 Å². The molecule has 2 N–H and O–H groups in total. The molecular weight excluding hydrogens is 378 g/mol. The Bertz CT molecular complexity index is 806. The average Bonchev–Trinajstić information content (AvgIpc) is 2.79. The van der Waals surface area contributed by atoms with E-state index in [-0.39, 0.29) is 24.3 Å². The topological polar surface area (TPSA) is 67.8 Å². The van der Waals surface area contributed by atoms with Crippen LogP contribution in [0, 0.1) is 5.92 Å². The Kier molecular flexibility index (Phi) is 8.48. The lowest BCUT2D eigenvalue weighted by atomic mass is 9.80. The summed E-state index contributed by atoms with van der Waals surface area (Å²) in [6.45, 7) is 3.06. The van der Waals surface area contributed by atoms with Crippen LogP contribution in [-0.4, -0.2) is 37.1 Å². The fourth-order valence-electron chi connectivity index (χ4n) is 3.87. The van der Waals surface area contributed by atoms with E-state index in [0.29, 0.717) is 25.3 Å². The Morgan fingerprint density at radius 1 is 1.10 bits per heavy atom. The fourth-order valence-corrected chi connectivity index (χ4v) is 3.87. The van der Waals surface area contributed by atoms with Gasteiger partial charge in [-0.1, -0.05) is 60.7 Å². The number of carbonyl (C=O) groups is 1. The minimum atomic E-state index is -0.522. The van der Waals surface area contributed by atoms with Crippen molar-refractivity contribution in [3.63, 3.8) is 0 Å². The van der Waals surface area contributed by atoms with Crippen LogP contribution in [0.2, 0.25) is 0 Å². The van der Waals surface area contributed by atoms with Crippen LogP contribution >= 0.6 is 0 Å². The van der Waals surface area contributed by atoms with Crippen molar-refractivity contribution in [1.82, 2.24) is 5.32 Å². The van der Waals surface area contributed by atoms with Crippen LogP contribution in [0.1, 0.15) is 36.8 Å². The molecule has 5 nitrogen and oxygen atoms in total. The Hall–Kier alpha value is -2.63. The zero-order chi connectivity index (χ0) is 21.2. The number of aliphatic hydroxyl groups is 1. The standard InChI is InChI=1S/C25H31NO4/c1-2-29-25-21(14-9-17-27)22(20-12-7-4-8-13-20)18-23(30-25)24(28)26-16-15-19-10-5-3-6-11-19/h3-8,10-13,18,21-22,25,27H,2,9,14-17H2,1H3,(H,26,28)/t21-,22-,25-/m1/s1. The van der Waals surface area contributed by atoms with Gasteiger partial charge in [0.2, 0.25) is 6.29 Å². The number of carbonyl (C=O) groups excluding carboxylic acids is 1. The Morgan fingerprint density at radius 2 is 1.80 bits per heavy atom. The van der Waals surface area contributed by atoms with E-state index < -0.39 is 6.29 Å². The van der Waals surface area contributed by atoms with Crippen molar-refractivity contribution in [3.05, 3.63) is 83.6 Å². The molecule has 30 heavy (non-hydrogen) atoms. The van der Waals surface area contributed by atoms with Gasteiger partial charge in [-0.2, -0.15) is 0 Å². The molecule has 1 heterocycles. The second kappa shape index (κ2) is 11.5. The number of nitrogens with one attached hydrogen (secondary N) is 1. The lowest BCUT2D eigenvalue weighted by Crippen LogP contribution is -2.39. The molecule has 0 radical (unpaired) electrons. The van der Waals surface area contributed by atoms with Gasteiger partial charge in [0.05, 0.1) is 0 Å². The summed E-state index contributed by atoms with van der Waals surface area (Å²) >= 11 is 0. The average molecular weight is 410 g/mol. The molecule has 0 aromatic heterocycles. The van der Waals surface area contributed by atoms with Gasteiger partial charge < -0.3 is 19.9 Å². The summed E-state index contributed by atoms with van der Waals surface area (Å²) in [5.74, 6) is 0.0890. The van der Waals surface area contributed by atoms with Crippen LogP contribution in [-0.2, 0) is 20.7 Å². The summed E-state index contributed by atoms with van der Waals surface area (Å²) in [6.07, 6.45) is 3.56. The van der Waals surface area contributed by atoms with Crippen molar-refractivity contribution in [3.8, 4) is 0 Å². The van der Waals surface area contributed by atoms with Crippen molar-refractivity contribution < 1.29 is 19.4 Å². The quantitative estimate of drug-likeness (QED) is 0.626. The SMILES string of the molecule is CCO[C@@H]1OC(C(=O)NCCc2ccccc2)=C[C@H](c2ccccc2)[C@H]1CCCO. The van der Waals surface area contributed by atoms with E-state index >= 15 is 0 Å². The van der Waals surface area contributed by atoms with Gasteiger partial charge in [-0.3, -0.25) is 4.79 Å². The Labute approximate surface area is 178 Å². The number of ether oxygens (including phenoxy) is 2. The van der Waals surface area contributed by atoms with Gasteiger partial charge in [-0.05, 0) is 43.4 Å². The maximum Gasteiger partial charge on any atom is 0.286 e. The van der Waals surface area contributed by atoms with E-state index in [1.165, 1.54) is 5.56 Å². The predicted octanol–water partition coefficient (Wildman–Crippen LogP) is 3.79. The molecule has 0 saturated carbocycles. The summed E-state index contributed by atoms with van der Waals surface area (Å²) < 4.78 is 11.9. The fraction of sp³-hybridized carbons (Fsp3) is 0.400. The highest BCUT2D eigenvalue weighted by atomic mass is 16.7. The molecule has 1 amide bonds. The van der Waals surface area contributed by atoms with Crippen LogP contribution < -0.4 is 5.32 Å². The van der Waals surface area contributed by atoms with Gasteiger partial charge in [0.15, 0.2) is 5.76 Å². The zero-order valence-corrected chi connectivity index (χ0v) is 17.5. The zero-order valence-electron chi connectivity index (χ0n) is 17.5. The highest BCUT2D eigenvalue weighted by Crippen LogP contribution is 2.39. The number of rotatable bonds is 10. The first-order valence-electron chi connectivity index (χ1n) is 10.7. The van der Waals surface area contributed by atoms with Gasteiger partial charge >= 0.3 is 0 Å². The van der Waals surface area contributed by atoms with E-state index in [1.54, 1.807) is 0 Å². The molecular formula is C25H31NO4. The number of hydrogen-bond donors (Lipinski definition) is 2. The molecule has 0 spiro atoms. The molecule has 0 bridgehead atoms. The molecule has 0 saturated heterocycles. The third-order valence-electron chi connectivity index (χ3n) is 5.36. The van der Waals surface area contributed by atoms with Crippen molar-refractivity contribution >= 4 is 5.91 Å². The van der Waals surface area contributed by atoms with Gasteiger partial charge in [0, 0.05) is 31.6 Å². The van der Waals surface area contributed by atoms with Gasteiger partial charge in [0.25, 0.3) is 5.91 Å². The maximum atomic E-state index is 12.8. The summed E-state index contributed by atoms with van der Waals surface area (Å²) in [5, 5.41) is 12.3. The second-order valence-electron chi connectivity index (χ2n) is 7.43. The summed E-state index contributed by atoms with van der Waals surface area (Å²) in [4.78, 5) is 12.8. The van der Waals surface area contributed by atoms with Crippen molar-refractivity contribution in [1.29, 1.82) is 0 Å². The van der Waals surface area contributed by atoms with E-state index in [9.17, 15) is 9.90 Å². The van der Waals surface area contributed by atoms with Crippen LogP contribution in [0.25, 0.3) is 0 Å². The van der Waals surface area contributed by atoms with E-state index in [0.717, 1.165) is 18.4 Å².